The number of hydrogen-bond donors (Lipinski definition) is 0. The van der Waals surface area contributed by atoms with Gasteiger partial charge in [0.25, 0.3) is 0 Å². The third-order valence-corrected chi connectivity index (χ3v) is 3.47. The second-order valence-corrected chi connectivity index (χ2v) is 4.97. The summed E-state index contributed by atoms with van der Waals surface area (Å²) in [5.41, 5.74) is 2.74. The lowest BCUT2D eigenvalue weighted by Gasteiger charge is -2.25. The van der Waals surface area contributed by atoms with Gasteiger partial charge in [-0.05, 0) is 31.9 Å². The number of likely N-dealkylation sites (tertiary alicyclic amines) is 1. The zero-order valence-electron chi connectivity index (χ0n) is 10.6. The Kier molecular flexibility index (Phi) is 4.32. The van der Waals surface area contributed by atoms with E-state index in [1.807, 2.05) is 0 Å². The summed E-state index contributed by atoms with van der Waals surface area (Å²) in [6.45, 7) is 5.18. The first-order valence-electron chi connectivity index (χ1n) is 6.53. The normalized spacial score (nSPS) is 17.4. The SMILES string of the molecule is Cc1ccc(CCCN2CCC(=O)CC2)cc1. The average Bonchev–Trinajstić information content (AvgIpc) is 2.34. The molecule has 1 saturated heterocycles. The Hall–Kier alpha value is -1.15. The quantitative estimate of drug-likeness (QED) is 0.794. The van der Waals surface area contributed by atoms with Crippen molar-refractivity contribution in [1.29, 1.82) is 0 Å². The van der Waals surface area contributed by atoms with Gasteiger partial charge in [0.15, 0.2) is 0 Å². The predicted molar refractivity (Wildman–Crippen MR) is 70.2 cm³/mol. The minimum absolute atomic E-state index is 0.430. The summed E-state index contributed by atoms with van der Waals surface area (Å²) in [4.78, 5) is 13.5. The van der Waals surface area contributed by atoms with E-state index in [4.69, 9.17) is 0 Å². The smallest absolute Gasteiger partial charge is 0.135 e. The molecule has 17 heavy (non-hydrogen) atoms. The maximum atomic E-state index is 11.1. The fraction of sp³-hybridized carbons (Fsp3) is 0.533. The first-order valence-corrected chi connectivity index (χ1v) is 6.53. The molecule has 0 atom stereocenters. The number of benzene rings is 1. The van der Waals surface area contributed by atoms with Crippen LogP contribution in [0.5, 0.6) is 0 Å². The maximum absolute atomic E-state index is 11.1. The molecule has 1 heterocycles. The maximum Gasteiger partial charge on any atom is 0.135 e. The summed E-state index contributed by atoms with van der Waals surface area (Å²) in [7, 11) is 0. The number of ketones is 1. The van der Waals surface area contributed by atoms with Crippen LogP contribution in [-0.2, 0) is 11.2 Å². The zero-order chi connectivity index (χ0) is 12.1. The minimum atomic E-state index is 0.430. The summed E-state index contributed by atoms with van der Waals surface area (Å²) in [6.07, 6.45) is 3.84. The molecule has 0 radical (unpaired) electrons. The lowest BCUT2D eigenvalue weighted by atomic mass is 10.1. The Bertz CT molecular complexity index is 359. The predicted octanol–water partition coefficient (Wildman–Crippen LogP) is 2.59. The molecule has 2 rings (SSSR count). The number of piperidine rings is 1. The lowest BCUT2D eigenvalue weighted by Crippen LogP contribution is -2.34. The zero-order valence-corrected chi connectivity index (χ0v) is 10.6. The first kappa shape index (κ1) is 12.3. The van der Waals surface area contributed by atoms with E-state index in [-0.39, 0.29) is 0 Å². The molecule has 0 saturated carbocycles. The van der Waals surface area contributed by atoms with E-state index in [1.54, 1.807) is 0 Å². The van der Waals surface area contributed by atoms with Gasteiger partial charge < -0.3 is 4.90 Å². The summed E-state index contributed by atoms with van der Waals surface area (Å²) in [5.74, 6) is 0.430. The number of hydrogen-bond acceptors (Lipinski definition) is 2. The highest BCUT2D eigenvalue weighted by Crippen LogP contribution is 2.09. The van der Waals surface area contributed by atoms with Crippen LogP contribution < -0.4 is 0 Å². The Morgan fingerprint density at radius 3 is 2.41 bits per heavy atom. The lowest BCUT2D eigenvalue weighted by molar-refractivity contribution is -0.121. The van der Waals surface area contributed by atoms with Crippen molar-refractivity contribution < 1.29 is 4.79 Å². The van der Waals surface area contributed by atoms with Crippen LogP contribution in [0.15, 0.2) is 24.3 Å². The fourth-order valence-electron chi connectivity index (χ4n) is 2.29. The Morgan fingerprint density at radius 1 is 1.12 bits per heavy atom. The molecular formula is C15H21NO. The molecule has 0 spiro atoms. The Labute approximate surface area is 104 Å². The summed E-state index contributed by atoms with van der Waals surface area (Å²) >= 11 is 0. The molecule has 1 fully saturated rings. The van der Waals surface area contributed by atoms with Gasteiger partial charge in [-0.1, -0.05) is 29.8 Å². The molecule has 2 nitrogen and oxygen atoms in total. The van der Waals surface area contributed by atoms with Crippen molar-refractivity contribution in [1.82, 2.24) is 4.90 Å². The van der Waals surface area contributed by atoms with Gasteiger partial charge in [-0.25, -0.2) is 0 Å². The third kappa shape index (κ3) is 3.97. The molecule has 92 valence electrons. The second kappa shape index (κ2) is 5.97. The molecule has 1 aromatic rings. The molecule has 0 N–H and O–H groups in total. The van der Waals surface area contributed by atoms with Crippen LogP contribution in [0.4, 0.5) is 0 Å². The Balaban J connectivity index is 1.69. The van der Waals surface area contributed by atoms with Crippen LogP contribution in [-0.4, -0.2) is 30.3 Å². The number of rotatable bonds is 4. The summed E-state index contributed by atoms with van der Waals surface area (Å²) in [5, 5.41) is 0. The van der Waals surface area contributed by atoms with Gasteiger partial charge >= 0.3 is 0 Å². The van der Waals surface area contributed by atoms with Crippen molar-refractivity contribution in [2.75, 3.05) is 19.6 Å². The van der Waals surface area contributed by atoms with Crippen LogP contribution >= 0.6 is 0 Å². The van der Waals surface area contributed by atoms with Crippen LogP contribution in [0.25, 0.3) is 0 Å². The molecule has 1 aliphatic rings. The van der Waals surface area contributed by atoms with Crippen LogP contribution in [0, 0.1) is 6.92 Å². The molecular weight excluding hydrogens is 210 g/mol. The van der Waals surface area contributed by atoms with Gasteiger partial charge in [-0.2, -0.15) is 0 Å². The van der Waals surface area contributed by atoms with Crippen molar-refractivity contribution in [3.8, 4) is 0 Å². The number of aryl methyl sites for hydroxylation is 2. The molecule has 1 aliphatic heterocycles. The van der Waals surface area contributed by atoms with Crippen LogP contribution in [0.3, 0.4) is 0 Å². The highest BCUT2D eigenvalue weighted by molar-refractivity contribution is 5.79. The highest BCUT2D eigenvalue weighted by atomic mass is 16.1. The van der Waals surface area contributed by atoms with Crippen molar-refractivity contribution in [3.63, 3.8) is 0 Å². The average molecular weight is 231 g/mol. The van der Waals surface area contributed by atoms with E-state index in [0.29, 0.717) is 5.78 Å². The standard InChI is InChI=1S/C15H21NO/c1-13-4-6-14(7-5-13)3-2-10-16-11-8-15(17)9-12-16/h4-7H,2-3,8-12H2,1H3. The Morgan fingerprint density at radius 2 is 1.76 bits per heavy atom. The topological polar surface area (TPSA) is 20.3 Å². The molecule has 0 aromatic heterocycles. The van der Waals surface area contributed by atoms with Crippen molar-refractivity contribution in [3.05, 3.63) is 35.4 Å². The molecule has 0 unspecified atom stereocenters. The van der Waals surface area contributed by atoms with Gasteiger partial charge in [-0.15, -0.1) is 0 Å². The molecule has 0 aliphatic carbocycles. The fourth-order valence-corrected chi connectivity index (χ4v) is 2.29. The first-order chi connectivity index (χ1) is 8.24. The summed E-state index contributed by atoms with van der Waals surface area (Å²) in [6, 6.07) is 8.79. The van der Waals surface area contributed by atoms with Crippen molar-refractivity contribution in [2.24, 2.45) is 0 Å². The number of carbonyl (C=O) groups is 1. The highest BCUT2D eigenvalue weighted by Gasteiger charge is 2.14. The van der Waals surface area contributed by atoms with Gasteiger partial charge in [0.1, 0.15) is 5.78 Å². The van der Waals surface area contributed by atoms with E-state index in [0.717, 1.165) is 38.9 Å². The molecule has 2 heteroatoms. The minimum Gasteiger partial charge on any atom is -0.302 e. The number of nitrogens with zero attached hydrogens (tertiary/aromatic N) is 1. The largest absolute Gasteiger partial charge is 0.302 e. The number of Topliss-reactive ketones (excluding diaryl/α,β-unsaturated/α-hetero) is 1. The van der Waals surface area contributed by atoms with E-state index in [2.05, 4.69) is 36.1 Å². The molecule has 1 aromatic carbocycles. The van der Waals surface area contributed by atoms with Crippen LogP contribution in [0.1, 0.15) is 30.4 Å². The van der Waals surface area contributed by atoms with E-state index in [1.165, 1.54) is 17.5 Å². The van der Waals surface area contributed by atoms with E-state index in [9.17, 15) is 4.79 Å². The van der Waals surface area contributed by atoms with Crippen molar-refractivity contribution in [2.45, 2.75) is 32.6 Å². The summed E-state index contributed by atoms with van der Waals surface area (Å²) < 4.78 is 0. The van der Waals surface area contributed by atoms with Crippen LogP contribution in [0.2, 0.25) is 0 Å². The van der Waals surface area contributed by atoms with E-state index < -0.39 is 0 Å². The number of carbonyl (C=O) groups excluding carboxylic acids is 1. The third-order valence-electron chi connectivity index (χ3n) is 3.47. The van der Waals surface area contributed by atoms with Gasteiger partial charge in [0, 0.05) is 25.9 Å². The van der Waals surface area contributed by atoms with Gasteiger partial charge in [0.05, 0.1) is 0 Å². The van der Waals surface area contributed by atoms with Crippen molar-refractivity contribution >= 4 is 5.78 Å². The van der Waals surface area contributed by atoms with Gasteiger partial charge in [0.2, 0.25) is 0 Å². The van der Waals surface area contributed by atoms with Gasteiger partial charge in [-0.3, -0.25) is 4.79 Å². The van der Waals surface area contributed by atoms with E-state index >= 15 is 0 Å². The second-order valence-electron chi connectivity index (χ2n) is 4.97. The monoisotopic (exact) mass is 231 g/mol. The molecule has 0 amide bonds. The molecule has 0 bridgehead atoms.